The number of nitro benzene ring substituents is 1. The normalized spacial score (nSPS) is 11.9. The molecule has 1 aromatic heterocycles. The Morgan fingerprint density at radius 1 is 1.30 bits per heavy atom. The van der Waals surface area contributed by atoms with Crippen LogP contribution >= 0.6 is 11.3 Å². The van der Waals surface area contributed by atoms with Gasteiger partial charge < -0.3 is 15.0 Å². The summed E-state index contributed by atoms with van der Waals surface area (Å²) in [5.41, 5.74) is -0.331. The summed E-state index contributed by atoms with van der Waals surface area (Å²) in [4.78, 5) is 38.0. The maximum Gasteiger partial charge on any atom is 0.338 e. The van der Waals surface area contributed by atoms with E-state index in [0.29, 0.717) is 6.54 Å². The first-order valence-corrected chi connectivity index (χ1v) is 9.16. The van der Waals surface area contributed by atoms with Gasteiger partial charge >= 0.3 is 5.97 Å². The van der Waals surface area contributed by atoms with E-state index < -0.39 is 16.8 Å². The number of hydrogen-bond acceptors (Lipinski definition) is 7. The number of likely N-dealkylation sites (N-methyl/N-ethyl adjacent to an activating group) is 1. The first kappa shape index (κ1) is 20.5. The van der Waals surface area contributed by atoms with E-state index in [4.69, 9.17) is 4.74 Å². The van der Waals surface area contributed by atoms with Gasteiger partial charge in [0, 0.05) is 29.1 Å². The van der Waals surface area contributed by atoms with Crippen molar-refractivity contribution in [3.05, 3.63) is 61.8 Å². The van der Waals surface area contributed by atoms with Gasteiger partial charge in [0.05, 0.1) is 23.1 Å². The summed E-state index contributed by atoms with van der Waals surface area (Å²) in [6, 6.07) is 7.43. The summed E-state index contributed by atoms with van der Waals surface area (Å²) >= 11 is 1.58. The number of rotatable bonds is 8. The van der Waals surface area contributed by atoms with Gasteiger partial charge in [-0.3, -0.25) is 14.9 Å². The molecule has 0 saturated heterocycles. The number of thiophene rings is 1. The first-order valence-electron chi connectivity index (χ1n) is 8.28. The van der Waals surface area contributed by atoms with Crippen LogP contribution in [0.1, 0.15) is 38.6 Å². The zero-order valence-electron chi connectivity index (χ0n) is 15.3. The smallest absolute Gasteiger partial charge is 0.338 e. The van der Waals surface area contributed by atoms with Crippen LogP contribution in [0.3, 0.4) is 0 Å². The maximum atomic E-state index is 12.5. The molecule has 1 heterocycles. The van der Waals surface area contributed by atoms with Crippen LogP contribution in [0.15, 0.2) is 35.7 Å². The van der Waals surface area contributed by atoms with Crippen molar-refractivity contribution in [1.29, 1.82) is 0 Å². The summed E-state index contributed by atoms with van der Waals surface area (Å²) in [6.45, 7) is 2.09. The van der Waals surface area contributed by atoms with E-state index in [1.165, 1.54) is 6.07 Å². The summed E-state index contributed by atoms with van der Waals surface area (Å²) in [6.07, 6.45) is 0. The van der Waals surface area contributed by atoms with Gasteiger partial charge in [0.25, 0.3) is 11.6 Å². The highest BCUT2D eigenvalue weighted by Crippen LogP contribution is 2.23. The molecule has 0 aliphatic rings. The molecule has 2 rings (SSSR count). The molecule has 1 aromatic carbocycles. The van der Waals surface area contributed by atoms with Crippen molar-refractivity contribution in [2.45, 2.75) is 13.0 Å². The van der Waals surface area contributed by atoms with Crippen molar-refractivity contribution in [2.24, 2.45) is 0 Å². The summed E-state index contributed by atoms with van der Waals surface area (Å²) < 4.78 is 4.88. The Kier molecular flexibility index (Phi) is 7.03. The zero-order chi connectivity index (χ0) is 20.0. The molecule has 0 radical (unpaired) electrons. The number of esters is 1. The lowest BCUT2D eigenvalue weighted by atomic mass is 10.1. The molecule has 1 N–H and O–H groups in total. The third-order valence-electron chi connectivity index (χ3n) is 3.85. The van der Waals surface area contributed by atoms with Crippen LogP contribution in [0.2, 0.25) is 0 Å². The highest BCUT2D eigenvalue weighted by atomic mass is 32.1. The fourth-order valence-electron chi connectivity index (χ4n) is 2.49. The molecule has 144 valence electrons. The number of ether oxygens (including phenoxy) is 1. The average molecular weight is 391 g/mol. The van der Waals surface area contributed by atoms with Gasteiger partial charge in [-0.05, 0) is 38.5 Å². The molecule has 9 heteroatoms. The van der Waals surface area contributed by atoms with Crippen molar-refractivity contribution in [1.82, 2.24) is 10.2 Å². The molecule has 1 atom stereocenters. The third kappa shape index (κ3) is 5.35. The number of nitrogens with zero attached hydrogens (tertiary/aromatic N) is 2. The number of nitro groups is 1. The molecule has 1 unspecified atom stereocenters. The van der Waals surface area contributed by atoms with Crippen molar-refractivity contribution < 1.29 is 19.2 Å². The zero-order valence-corrected chi connectivity index (χ0v) is 16.1. The number of nitrogens with one attached hydrogen (secondary N) is 1. The largest absolute Gasteiger partial charge is 0.462 e. The molecule has 27 heavy (non-hydrogen) atoms. The topological polar surface area (TPSA) is 102 Å². The number of benzene rings is 1. The van der Waals surface area contributed by atoms with E-state index in [9.17, 15) is 19.7 Å². The second-order valence-electron chi connectivity index (χ2n) is 5.95. The molecule has 0 bridgehead atoms. The predicted molar refractivity (Wildman–Crippen MR) is 102 cm³/mol. The number of hydrogen-bond donors (Lipinski definition) is 1. The molecular weight excluding hydrogens is 370 g/mol. The highest BCUT2D eigenvalue weighted by Gasteiger charge is 2.21. The van der Waals surface area contributed by atoms with E-state index in [2.05, 4.69) is 5.32 Å². The van der Waals surface area contributed by atoms with Gasteiger partial charge in [-0.2, -0.15) is 0 Å². The fraction of sp³-hybridized carbons (Fsp3) is 0.333. The van der Waals surface area contributed by atoms with Crippen LogP contribution in [0.4, 0.5) is 5.69 Å². The lowest BCUT2D eigenvalue weighted by molar-refractivity contribution is -0.384. The Morgan fingerprint density at radius 2 is 2.00 bits per heavy atom. The minimum atomic E-state index is -0.708. The second-order valence-corrected chi connectivity index (χ2v) is 6.93. The van der Waals surface area contributed by atoms with E-state index >= 15 is 0 Å². The molecule has 0 saturated carbocycles. The molecule has 0 spiro atoms. The van der Waals surface area contributed by atoms with Gasteiger partial charge in [-0.15, -0.1) is 11.3 Å². The van der Waals surface area contributed by atoms with Crippen LogP contribution in [0.25, 0.3) is 0 Å². The van der Waals surface area contributed by atoms with E-state index in [1.807, 2.05) is 36.5 Å². The SMILES string of the molecule is CCOC(=O)c1cc(C(=O)NCC(c2cccs2)N(C)C)cc([N+](=O)[O-])c1. The number of carbonyl (C=O) groups is 2. The van der Waals surface area contributed by atoms with E-state index in [-0.39, 0.29) is 29.5 Å². The van der Waals surface area contributed by atoms with Gasteiger partial charge in [0.2, 0.25) is 0 Å². The maximum absolute atomic E-state index is 12.5. The van der Waals surface area contributed by atoms with Crippen LogP contribution in [0.5, 0.6) is 0 Å². The van der Waals surface area contributed by atoms with Crippen LogP contribution in [0, 0.1) is 10.1 Å². The molecule has 2 aromatic rings. The monoisotopic (exact) mass is 391 g/mol. The minimum absolute atomic E-state index is 0.0291. The predicted octanol–water partition coefficient (Wildman–Crippen LogP) is 2.87. The Bertz CT molecular complexity index is 820. The lowest BCUT2D eigenvalue weighted by Crippen LogP contribution is -2.34. The third-order valence-corrected chi connectivity index (χ3v) is 4.83. The van der Waals surface area contributed by atoms with Gasteiger partial charge in [0.15, 0.2) is 0 Å². The molecular formula is C18H21N3O5S. The van der Waals surface area contributed by atoms with Crippen molar-refractivity contribution in [2.75, 3.05) is 27.2 Å². The van der Waals surface area contributed by atoms with Gasteiger partial charge in [-0.25, -0.2) is 4.79 Å². The second kappa shape index (κ2) is 9.24. The molecule has 1 amide bonds. The quantitative estimate of drug-likeness (QED) is 0.422. The standard InChI is InChI=1S/C18H21N3O5S/c1-4-26-18(23)13-8-12(9-14(10-13)21(24)25)17(22)19-11-15(20(2)3)16-6-5-7-27-16/h5-10,15H,4,11H2,1-3H3,(H,19,22). The Hall–Kier alpha value is -2.78. The molecule has 0 aliphatic carbocycles. The number of non-ortho nitro benzene ring substituents is 1. The Labute approximate surface area is 160 Å². The Balaban J connectivity index is 2.21. The van der Waals surface area contributed by atoms with Crippen molar-refractivity contribution in [3.8, 4) is 0 Å². The Morgan fingerprint density at radius 3 is 2.56 bits per heavy atom. The van der Waals surface area contributed by atoms with Crippen molar-refractivity contribution >= 4 is 28.9 Å². The summed E-state index contributed by atoms with van der Waals surface area (Å²) in [5.74, 6) is -1.20. The highest BCUT2D eigenvalue weighted by molar-refractivity contribution is 7.10. The van der Waals surface area contributed by atoms with Gasteiger partial charge in [-0.1, -0.05) is 6.07 Å². The summed E-state index contributed by atoms with van der Waals surface area (Å²) in [7, 11) is 3.81. The summed E-state index contributed by atoms with van der Waals surface area (Å²) in [5, 5.41) is 15.9. The van der Waals surface area contributed by atoms with E-state index in [0.717, 1.165) is 17.0 Å². The number of amides is 1. The van der Waals surface area contributed by atoms with Crippen LogP contribution < -0.4 is 5.32 Å². The minimum Gasteiger partial charge on any atom is -0.462 e. The molecule has 0 aliphatic heterocycles. The fourth-order valence-corrected chi connectivity index (χ4v) is 3.41. The molecule has 0 fully saturated rings. The van der Waals surface area contributed by atoms with Crippen LogP contribution in [-0.2, 0) is 4.74 Å². The average Bonchev–Trinajstić information content (AvgIpc) is 3.15. The number of carbonyl (C=O) groups excluding carboxylic acids is 2. The van der Waals surface area contributed by atoms with Crippen LogP contribution in [-0.4, -0.2) is 48.9 Å². The first-order chi connectivity index (χ1) is 12.8. The molecule has 8 nitrogen and oxygen atoms in total. The van der Waals surface area contributed by atoms with Crippen molar-refractivity contribution in [3.63, 3.8) is 0 Å². The van der Waals surface area contributed by atoms with Gasteiger partial charge in [0.1, 0.15) is 0 Å². The lowest BCUT2D eigenvalue weighted by Gasteiger charge is -2.23. The van der Waals surface area contributed by atoms with E-state index in [1.54, 1.807) is 18.3 Å².